The summed E-state index contributed by atoms with van der Waals surface area (Å²) in [6.45, 7) is 15.2. The van der Waals surface area contributed by atoms with E-state index in [4.69, 9.17) is 28.4 Å². The predicted octanol–water partition coefficient (Wildman–Crippen LogP) is 3.44. The van der Waals surface area contributed by atoms with Crippen LogP contribution in [0, 0.1) is 40.4 Å². The quantitative estimate of drug-likeness (QED) is 0.0181. The number of carbonyl (C=O) groups excluding carboxylic acids is 13. The van der Waals surface area contributed by atoms with Crippen LogP contribution >= 0.6 is 0 Å². The molecular weight excluding hydrogens is 1450 g/mol. The van der Waals surface area contributed by atoms with E-state index in [1.54, 1.807) is 113 Å². The normalized spacial score (nSPS) is 24.6. The van der Waals surface area contributed by atoms with Crippen LogP contribution in [0.15, 0.2) is 132 Å². The number of hydrogen-bond acceptors (Lipinski definition) is 23. The fourth-order valence-corrected chi connectivity index (χ4v) is 15.6. The Balaban J connectivity index is 1.11. The maximum absolute atomic E-state index is 16.1. The molecule has 0 aromatic heterocycles. The zero-order valence-corrected chi connectivity index (χ0v) is 65.1. The fraction of sp³-hybridized carbons (Fsp3) is 0.524. The van der Waals surface area contributed by atoms with Gasteiger partial charge in [0.25, 0.3) is 5.91 Å². The van der Waals surface area contributed by atoms with Crippen molar-refractivity contribution in [1.82, 2.24) is 37.2 Å². The second-order valence-electron chi connectivity index (χ2n) is 30.9. The van der Waals surface area contributed by atoms with E-state index < -0.39 is 216 Å². The van der Waals surface area contributed by atoms with E-state index in [-0.39, 0.29) is 78.9 Å². The lowest BCUT2D eigenvalue weighted by molar-refractivity contribution is -0.346. The monoisotopic (exact) mass is 1560 g/mol. The highest BCUT2D eigenvalue weighted by Gasteiger charge is 2.78. The van der Waals surface area contributed by atoms with Gasteiger partial charge in [-0.15, -0.1) is 0 Å². The number of benzene rings is 4. The molecule has 4 aliphatic rings. The summed E-state index contributed by atoms with van der Waals surface area (Å²) < 4.78 is 37.3. The lowest BCUT2D eigenvalue weighted by Crippen LogP contribution is -2.82. The first kappa shape index (κ1) is 87.3. The van der Waals surface area contributed by atoms with Crippen LogP contribution in [0.3, 0.4) is 0 Å². The summed E-state index contributed by atoms with van der Waals surface area (Å²) in [6.07, 6.45) is -14.1. The van der Waals surface area contributed by atoms with Crippen molar-refractivity contribution < 1.29 is 111 Å². The molecule has 1 aliphatic heterocycles. The second-order valence-corrected chi connectivity index (χ2v) is 30.9. The summed E-state index contributed by atoms with van der Waals surface area (Å²) in [5.41, 5.74) is -8.05. The molecule has 1 saturated heterocycles. The SMILES string of the molecule is CC(=O)O[C@H]1C(=O)[C@@]2(C)C([C@H](OC(=O)c3ccccc3)[C@]3(O)C[C@H](OC(=O)[C@H](OC(=O)CNC(=O)[C@H](Cc4ccccc4)NC(=O)[C@H](CC(C)C)NC(=O)CNC(=O)C(CC(C)C(=O)NCC(C)O)CC(C)C(=O)NCC(C)O)[C@@H](NC(=O)c4ccccc4)c4ccccc4)C(C)=C1C3(C)C)[C@]1(OC(C)=O)CO[C@@H]1C[C@@H]2O. The smallest absolute Gasteiger partial charge is 0.350 e. The number of esters is 5. The largest absolute Gasteiger partial charge is 0.455 e. The van der Waals surface area contributed by atoms with Crippen molar-refractivity contribution in [2.24, 2.45) is 40.4 Å². The van der Waals surface area contributed by atoms with Crippen LogP contribution < -0.4 is 37.2 Å². The van der Waals surface area contributed by atoms with Crippen LogP contribution in [0.25, 0.3) is 0 Å². The van der Waals surface area contributed by atoms with Crippen LogP contribution in [0.4, 0.5) is 0 Å². The summed E-state index contributed by atoms with van der Waals surface area (Å²) >= 11 is 0. The molecule has 4 aromatic carbocycles. The molecule has 112 heavy (non-hydrogen) atoms. The molecule has 2 bridgehead atoms. The molecule has 5 unspecified atom stereocenters. The van der Waals surface area contributed by atoms with Crippen molar-refractivity contribution in [3.63, 3.8) is 0 Å². The highest BCUT2D eigenvalue weighted by molar-refractivity contribution is 5.98. The molecule has 11 N–H and O–H groups in total. The highest BCUT2D eigenvalue weighted by Crippen LogP contribution is 2.64. The van der Waals surface area contributed by atoms with Crippen molar-refractivity contribution in [2.75, 3.05) is 32.8 Å². The Morgan fingerprint density at radius 3 is 1.68 bits per heavy atom. The van der Waals surface area contributed by atoms with Crippen LogP contribution in [0.1, 0.15) is 153 Å². The molecule has 30 heteroatoms. The lowest BCUT2D eigenvalue weighted by atomic mass is 9.44. The third kappa shape index (κ3) is 20.7. The van der Waals surface area contributed by atoms with Gasteiger partial charge in [0.2, 0.25) is 41.5 Å². The molecule has 606 valence electrons. The Morgan fingerprint density at radius 1 is 0.607 bits per heavy atom. The number of rotatable bonds is 34. The van der Waals surface area contributed by atoms with Gasteiger partial charge in [-0.25, -0.2) is 9.59 Å². The van der Waals surface area contributed by atoms with Crippen LogP contribution in [0.5, 0.6) is 0 Å². The molecule has 0 spiro atoms. The molecule has 17 atom stereocenters. The molecule has 3 aliphatic carbocycles. The number of hydrogen-bond donors (Lipinski definition) is 11. The van der Waals surface area contributed by atoms with E-state index in [9.17, 15) is 73.2 Å². The predicted molar refractivity (Wildman–Crippen MR) is 401 cm³/mol. The van der Waals surface area contributed by atoms with Crippen molar-refractivity contribution >= 4 is 77.0 Å². The summed E-state index contributed by atoms with van der Waals surface area (Å²) in [4.78, 5) is 186. The first-order valence-electron chi connectivity index (χ1n) is 37.6. The van der Waals surface area contributed by atoms with Crippen LogP contribution in [-0.2, 0) is 87.6 Å². The van der Waals surface area contributed by atoms with Gasteiger partial charge >= 0.3 is 29.8 Å². The molecule has 7 amide bonds. The zero-order valence-electron chi connectivity index (χ0n) is 65.1. The number of nitrogens with one attached hydrogen (secondary N) is 7. The van der Waals surface area contributed by atoms with E-state index in [1.165, 1.54) is 77.9 Å². The summed E-state index contributed by atoms with van der Waals surface area (Å²) in [6, 6.07) is 27.0. The average Bonchev–Trinajstić information content (AvgIpc) is 0.668. The van der Waals surface area contributed by atoms with Crippen LogP contribution in [-0.4, -0.2) is 202 Å². The van der Waals surface area contributed by atoms with Crippen molar-refractivity contribution in [1.29, 1.82) is 0 Å². The molecule has 30 nitrogen and oxygen atoms in total. The topological polar surface area (TPSA) is 442 Å². The minimum atomic E-state index is -2.62. The molecule has 4 aromatic rings. The molecule has 2 saturated carbocycles. The molecule has 1 heterocycles. The lowest BCUT2D eigenvalue weighted by Gasteiger charge is -2.67. The molecule has 3 fully saturated rings. The fourth-order valence-electron chi connectivity index (χ4n) is 15.6. The van der Waals surface area contributed by atoms with Gasteiger partial charge < -0.3 is 86.1 Å². The van der Waals surface area contributed by atoms with Gasteiger partial charge in [-0.05, 0) is 99.4 Å². The average molecular weight is 1560 g/mol. The van der Waals surface area contributed by atoms with Crippen molar-refractivity contribution in [2.45, 2.75) is 200 Å². The minimum Gasteiger partial charge on any atom is -0.455 e. The minimum absolute atomic E-state index is 0.00134. The number of aliphatic hydroxyl groups is 4. The van der Waals surface area contributed by atoms with Crippen molar-refractivity contribution in [3.05, 3.63) is 155 Å². The molecule has 8 rings (SSSR count). The maximum atomic E-state index is 16.1. The number of Topliss-reactive ketones (excluding diaryl/α,β-unsaturated/α-hetero) is 1. The Bertz CT molecular complexity index is 4070. The van der Waals surface area contributed by atoms with Gasteiger partial charge in [0, 0.05) is 74.9 Å². The number of amides is 7. The summed E-state index contributed by atoms with van der Waals surface area (Å²) in [5.74, 6) is -16.3. The van der Waals surface area contributed by atoms with Gasteiger partial charge in [-0.1, -0.05) is 139 Å². The van der Waals surface area contributed by atoms with Gasteiger partial charge in [-0.2, -0.15) is 0 Å². The van der Waals surface area contributed by atoms with E-state index in [0.29, 0.717) is 5.56 Å². The highest BCUT2D eigenvalue weighted by atomic mass is 16.6. The zero-order chi connectivity index (χ0) is 82.3. The number of ketones is 1. The Kier molecular flexibility index (Phi) is 29.5. The van der Waals surface area contributed by atoms with Gasteiger partial charge in [-0.3, -0.25) is 52.7 Å². The number of aliphatic hydroxyl groups excluding tert-OH is 3. The van der Waals surface area contributed by atoms with Gasteiger partial charge in [0.15, 0.2) is 17.5 Å². The van der Waals surface area contributed by atoms with E-state index in [0.717, 1.165) is 13.8 Å². The van der Waals surface area contributed by atoms with Gasteiger partial charge in [0.1, 0.15) is 48.6 Å². The Hall–Kier alpha value is -10.3. The first-order valence-corrected chi connectivity index (χ1v) is 37.6. The summed E-state index contributed by atoms with van der Waals surface area (Å²) in [5, 5.41) is 64.6. The van der Waals surface area contributed by atoms with Crippen LogP contribution in [0.2, 0.25) is 0 Å². The van der Waals surface area contributed by atoms with Crippen molar-refractivity contribution in [3.8, 4) is 0 Å². The number of carbonyl (C=O) groups is 13. The second kappa shape index (κ2) is 37.8. The van der Waals surface area contributed by atoms with E-state index in [2.05, 4.69) is 37.2 Å². The third-order valence-electron chi connectivity index (χ3n) is 21.5. The Morgan fingerprint density at radius 2 is 1.15 bits per heavy atom. The number of ether oxygens (including phenoxy) is 6. The first-order chi connectivity index (χ1) is 52.8. The third-order valence-corrected chi connectivity index (χ3v) is 21.5. The van der Waals surface area contributed by atoms with E-state index in [1.807, 2.05) is 0 Å². The number of fused-ring (bicyclic) bond motifs is 5. The van der Waals surface area contributed by atoms with E-state index >= 15 is 9.59 Å². The standard InChI is InChI=1S/C82H105N7O23/c1-44(2)33-57(87-62(95)41-85-73(100)56(34-45(3)71(98)83-39-47(5)90)35-46(4)72(99)84-40-48(6)91)76(103)88-58(36-52-25-17-13-18-26-52)75(102)86-42-63(96)110-67(65(53-27-19-14-20-28-53)89-74(101)54-29-21-15-22-30-54)78(105)109-59-38-82(106)70(111-77(104)55-31-23-16-24-32-55)68-80(12,60(94)37-61-81(68,43-107-61)112-51(9)93)69(97)66(108-50(8)92)64(49(59)7)79(82,10)11/h13-32,44-48,56-61,65-68,70,90-91,94,106H,33-43H2,1-12H3,(H,83,98)(H,84,99)(H,85,100)(H,86,102)(H,87,95)(H,88,103)(H,89,101)/t45?,46?,47?,48?,56?,57-,58-,59-,60-,61+,65-,66+,67+,68?,70-,80+,81-,82+/m0/s1. The summed E-state index contributed by atoms with van der Waals surface area (Å²) in [7, 11) is 0. The molecular formula is C82H105N7O23. The Labute approximate surface area is 650 Å². The van der Waals surface area contributed by atoms with Gasteiger partial charge in [0.05, 0.1) is 48.4 Å². The maximum Gasteiger partial charge on any atom is 0.350 e. The molecule has 0 radical (unpaired) electrons.